The maximum atomic E-state index is 5.53. The molecule has 1 aliphatic heterocycles. The van der Waals surface area contributed by atoms with Crippen molar-refractivity contribution in [3.63, 3.8) is 0 Å². The summed E-state index contributed by atoms with van der Waals surface area (Å²) < 4.78 is 7.44. The molecule has 166 valence electrons. The van der Waals surface area contributed by atoms with Crippen LogP contribution in [0.5, 0.6) is 0 Å². The standard InChI is InChI=1S/C24H24N8O/c1-15-19-5-3-16(12-22(19)31(2)30-15)21-13-23(28-24(27-21)32-7-9-33-10-8-32)26-18-4-6-20-17(11-18)14-25-29-20/h3-6,11-14H,7-10H2,1-2H3,(H,25,29)(H,26,27,28). The lowest BCUT2D eigenvalue weighted by Crippen LogP contribution is -2.37. The predicted octanol–water partition coefficient (Wildman–Crippen LogP) is 3.80. The predicted molar refractivity (Wildman–Crippen MR) is 129 cm³/mol. The van der Waals surface area contributed by atoms with Crippen LogP contribution in [0.1, 0.15) is 5.69 Å². The Morgan fingerprint density at radius 1 is 1.03 bits per heavy atom. The van der Waals surface area contributed by atoms with Crippen molar-refractivity contribution in [3.8, 4) is 11.3 Å². The van der Waals surface area contributed by atoms with Gasteiger partial charge >= 0.3 is 0 Å². The number of rotatable bonds is 4. The van der Waals surface area contributed by atoms with Gasteiger partial charge < -0.3 is 15.0 Å². The van der Waals surface area contributed by atoms with Crippen LogP contribution in [0.3, 0.4) is 0 Å². The fourth-order valence-corrected chi connectivity index (χ4v) is 4.32. The maximum absolute atomic E-state index is 5.53. The van der Waals surface area contributed by atoms with E-state index in [1.165, 1.54) is 0 Å². The zero-order valence-corrected chi connectivity index (χ0v) is 18.5. The van der Waals surface area contributed by atoms with Crippen LogP contribution >= 0.6 is 0 Å². The number of nitrogens with zero attached hydrogens (tertiary/aromatic N) is 6. The summed E-state index contributed by atoms with van der Waals surface area (Å²) >= 11 is 0. The summed E-state index contributed by atoms with van der Waals surface area (Å²) in [6.07, 6.45) is 1.82. The molecule has 0 atom stereocenters. The number of ether oxygens (including phenoxy) is 1. The first-order chi connectivity index (χ1) is 16.1. The minimum Gasteiger partial charge on any atom is -0.378 e. The number of benzene rings is 2. The molecular weight excluding hydrogens is 416 g/mol. The number of nitrogens with one attached hydrogen (secondary N) is 2. The molecule has 2 aromatic carbocycles. The Labute approximate surface area is 190 Å². The summed E-state index contributed by atoms with van der Waals surface area (Å²) in [5.74, 6) is 1.44. The number of morpholine rings is 1. The minimum absolute atomic E-state index is 0.674. The van der Waals surface area contributed by atoms with Gasteiger partial charge in [-0.3, -0.25) is 9.78 Å². The summed E-state index contributed by atoms with van der Waals surface area (Å²) in [5.41, 5.74) is 5.93. The first kappa shape index (κ1) is 19.7. The highest BCUT2D eigenvalue weighted by Gasteiger charge is 2.17. The molecule has 1 fully saturated rings. The molecule has 1 saturated heterocycles. The van der Waals surface area contributed by atoms with E-state index in [9.17, 15) is 0 Å². The van der Waals surface area contributed by atoms with Crippen molar-refractivity contribution in [2.45, 2.75) is 6.92 Å². The fraction of sp³-hybridized carbons (Fsp3) is 0.250. The topological polar surface area (TPSA) is 96.8 Å². The number of H-pyrrole nitrogens is 1. The Bertz CT molecular complexity index is 1460. The summed E-state index contributed by atoms with van der Waals surface area (Å²) in [5, 5.41) is 17.3. The van der Waals surface area contributed by atoms with Gasteiger partial charge in [-0.2, -0.15) is 15.2 Å². The Morgan fingerprint density at radius 3 is 2.79 bits per heavy atom. The van der Waals surface area contributed by atoms with Gasteiger partial charge in [0.05, 0.1) is 41.8 Å². The maximum Gasteiger partial charge on any atom is 0.228 e. The molecule has 5 aromatic rings. The molecule has 0 radical (unpaired) electrons. The van der Waals surface area contributed by atoms with Gasteiger partial charge in [0.1, 0.15) is 5.82 Å². The lowest BCUT2D eigenvalue weighted by molar-refractivity contribution is 0.122. The zero-order chi connectivity index (χ0) is 22.4. The summed E-state index contributed by atoms with van der Waals surface area (Å²) in [6, 6.07) is 14.4. The molecular formula is C24H24N8O. The van der Waals surface area contributed by atoms with Gasteiger partial charge in [-0.25, -0.2) is 4.98 Å². The van der Waals surface area contributed by atoms with Crippen LogP contribution in [0.4, 0.5) is 17.5 Å². The molecule has 9 heteroatoms. The summed E-state index contributed by atoms with van der Waals surface area (Å²) in [6.45, 7) is 4.91. The summed E-state index contributed by atoms with van der Waals surface area (Å²) in [7, 11) is 1.97. The van der Waals surface area contributed by atoms with Crippen LogP contribution in [-0.2, 0) is 11.8 Å². The Morgan fingerprint density at radius 2 is 1.91 bits per heavy atom. The van der Waals surface area contributed by atoms with Crippen LogP contribution in [0.25, 0.3) is 33.1 Å². The SMILES string of the molecule is Cc1nn(C)c2cc(-c3cc(Nc4ccc5[nH]ncc5c4)nc(N4CCOCC4)n3)ccc12. The van der Waals surface area contributed by atoms with E-state index in [4.69, 9.17) is 14.7 Å². The molecule has 0 bridgehead atoms. The quantitative estimate of drug-likeness (QED) is 0.439. The molecule has 3 aromatic heterocycles. The van der Waals surface area contributed by atoms with Gasteiger partial charge in [-0.1, -0.05) is 12.1 Å². The lowest BCUT2D eigenvalue weighted by Gasteiger charge is -2.27. The third kappa shape index (κ3) is 3.66. The number of fused-ring (bicyclic) bond motifs is 2. The van der Waals surface area contributed by atoms with Crippen LogP contribution in [0.15, 0.2) is 48.7 Å². The van der Waals surface area contributed by atoms with Crippen LogP contribution < -0.4 is 10.2 Å². The van der Waals surface area contributed by atoms with E-state index in [-0.39, 0.29) is 0 Å². The highest BCUT2D eigenvalue weighted by Crippen LogP contribution is 2.29. The average molecular weight is 441 g/mol. The van der Waals surface area contributed by atoms with Crippen molar-refractivity contribution < 1.29 is 4.74 Å². The van der Waals surface area contributed by atoms with Crippen LogP contribution in [-0.4, -0.2) is 56.2 Å². The van der Waals surface area contributed by atoms with E-state index in [2.05, 4.69) is 49.8 Å². The number of hydrogen-bond donors (Lipinski definition) is 2. The van der Waals surface area contributed by atoms with Crippen molar-refractivity contribution in [2.75, 3.05) is 36.5 Å². The molecule has 1 aliphatic rings. The fourth-order valence-electron chi connectivity index (χ4n) is 4.32. The Hall–Kier alpha value is -3.98. The van der Waals surface area contributed by atoms with E-state index < -0.39 is 0 Å². The monoisotopic (exact) mass is 440 g/mol. The largest absolute Gasteiger partial charge is 0.378 e. The van der Waals surface area contributed by atoms with Crippen molar-refractivity contribution in [3.05, 3.63) is 54.4 Å². The lowest BCUT2D eigenvalue weighted by atomic mass is 10.1. The molecule has 0 amide bonds. The number of hydrogen-bond acceptors (Lipinski definition) is 7. The van der Waals surface area contributed by atoms with Gasteiger partial charge in [0.2, 0.25) is 5.95 Å². The highest BCUT2D eigenvalue weighted by molar-refractivity contribution is 5.87. The normalized spacial score (nSPS) is 14.3. The van der Waals surface area contributed by atoms with Crippen molar-refractivity contribution >= 4 is 39.3 Å². The molecule has 0 spiro atoms. The Kier molecular flexibility index (Phi) is 4.69. The summed E-state index contributed by atoms with van der Waals surface area (Å²) in [4.78, 5) is 11.9. The number of aromatic amines is 1. The number of aromatic nitrogens is 6. The van der Waals surface area contributed by atoms with Crippen molar-refractivity contribution in [1.82, 2.24) is 29.9 Å². The number of anilines is 3. The van der Waals surface area contributed by atoms with E-state index in [0.29, 0.717) is 19.2 Å². The first-order valence-corrected chi connectivity index (χ1v) is 11.0. The third-order valence-electron chi connectivity index (χ3n) is 6.05. The van der Waals surface area contributed by atoms with E-state index in [1.54, 1.807) is 0 Å². The Balaban J connectivity index is 1.43. The van der Waals surface area contributed by atoms with Crippen LogP contribution in [0, 0.1) is 6.92 Å². The van der Waals surface area contributed by atoms with Gasteiger partial charge in [-0.05, 0) is 31.2 Å². The van der Waals surface area contributed by atoms with Gasteiger partial charge in [-0.15, -0.1) is 0 Å². The smallest absolute Gasteiger partial charge is 0.228 e. The first-order valence-electron chi connectivity index (χ1n) is 11.0. The minimum atomic E-state index is 0.674. The van der Waals surface area contributed by atoms with Crippen LogP contribution in [0.2, 0.25) is 0 Å². The zero-order valence-electron chi connectivity index (χ0n) is 18.5. The van der Waals surface area contributed by atoms with E-state index in [1.807, 2.05) is 43.0 Å². The van der Waals surface area contributed by atoms with Crippen molar-refractivity contribution in [2.24, 2.45) is 7.05 Å². The molecule has 0 aliphatic carbocycles. The highest BCUT2D eigenvalue weighted by atomic mass is 16.5. The molecule has 6 rings (SSSR count). The van der Waals surface area contributed by atoms with Gasteiger partial charge in [0, 0.05) is 48.2 Å². The molecule has 9 nitrogen and oxygen atoms in total. The number of aryl methyl sites for hydroxylation is 2. The second-order valence-corrected chi connectivity index (χ2v) is 8.28. The van der Waals surface area contributed by atoms with Gasteiger partial charge in [0.25, 0.3) is 0 Å². The molecule has 4 heterocycles. The second kappa shape index (κ2) is 7.86. The third-order valence-corrected chi connectivity index (χ3v) is 6.05. The van der Waals surface area contributed by atoms with E-state index >= 15 is 0 Å². The average Bonchev–Trinajstić information content (AvgIpc) is 3.42. The van der Waals surface area contributed by atoms with Gasteiger partial charge in [0.15, 0.2) is 0 Å². The molecule has 0 unspecified atom stereocenters. The second-order valence-electron chi connectivity index (χ2n) is 8.28. The molecule has 0 saturated carbocycles. The molecule has 33 heavy (non-hydrogen) atoms. The van der Waals surface area contributed by atoms with E-state index in [0.717, 1.165) is 63.4 Å². The van der Waals surface area contributed by atoms with Crippen molar-refractivity contribution in [1.29, 1.82) is 0 Å². The molecule has 2 N–H and O–H groups in total.